The molecule has 2 aromatic rings. The van der Waals surface area contributed by atoms with E-state index in [0.29, 0.717) is 18.0 Å². The SMILES string of the molecule is CC(C)CNC(=O)c1ccc(CSc2nccn2C)cc1. The summed E-state index contributed by atoms with van der Waals surface area (Å²) in [7, 11) is 1.98. The monoisotopic (exact) mass is 303 g/mol. The van der Waals surface area contributed by atoms with Gasteiger partial charge in [-0.3, -0.25) is 4.79 Å². The molecule has 1 aromatic heterocycles. The lowest BCUT2D eigenvalue weighted by Crippen LogP contribution is -2.27. The molecule has 0 atom stereocenters. The molecule has 2 rings (SSSR count). The summed E-state index contributed by atoms with van der Waals surface area (Å²) in [5, 5.41) is 3.92. The summed E-state index contributed by atoms with van der Waals surface area (Å²) in [5.74, 6) is 1.30. The molecule has 1 aromatic carbocycles. The third-order valence-electron chi connectivity index (χ3n) is 3.03. The Hall–Kier alpha value is -1.75. The van der Waals surface area contributed by atoms with Gasteiger partial charge >= 0.3 is 0 Å². The van der Waals surface area contributed by atoms with E-state index in [1.807, 2.05) is 42.1 Å². The minimum Gasteiger partial charge on any atom is -0.352 e. The van der Waals surface area contributed by atoms with Crippen LogP contribution in [0.1, 0.15) is 29.8 Å². The molecule has 1 N–H and O–H groups in total. The molecule has 112 valence electrons. The molecule has 0 radical (unpaired) electrons. The molecule has 0 aliphatic carbocycles. The molecule has 0 unspecified atom stereocenters. The van der Waals surface area contributed by atoms with Gasteiger partial charge in [0.25, 0.3) is 5.91 Å². The second-order valence-corrected chi connectivity index (χ2v) is 6.35. The van der Waals surface area contributed by atoms with Crippen LogP contribution in [0.2, 0.25) is 0 Å². The minimum atomic E-state index is -0.00740. The van der Waals surface area contributed by atoms with Crippen LogP contribution >= 0.6 is 11.8 Å². The first-order valence-corrected chi connectivity index (χ1v) is 8.02. The second-order valence-electron chi connectivity index (χ2n) is 5.41. The molecule has 1 amide bonds. The van der Waals surface area contributed by atoms with E-state index in [9.17, 15) is 4.79 Å². The van der Waals surface area contributed by atoms with Crippen LogP contribution < -0.4 is 5.32 Å². The van der Waals surface area contributed by atoms with Crippen LogP contribution in [0.5, 0.6) is 0 Å². The number of nitrogens with one attached hydrogen (secondary N) is 1. The number of hydrogen-bond donors (Lipinski definition) is 1. The fourth-order valence-corrected chi connectivity index (χ4v) is 2.68. The van der Waals surface area contributed by atoms with Gasteiger partial charge < -0.3 is 9.88 Å². The van der Waals surface area contributed by atoms with Crippen molar-refractivity contribution in [1.29, 1.82) is 0 Å². The van der Waals surface area contributed by atoms with E-state index in [4.69, 9.17) is 0 Å². The standard InChI is InChI=1S/C16H21N3OS/c1-12(2)10-18-15(20)14-6-4-13(5-7-14)11-21-16-17-8-9-19(16)3/h4-9,12H,10-11H2,1-3H3,(H,18,20). The third-order valence-corrected chi connectivity index (χ3v) is 4.16. The van der Waals surface area contributed by atoms with Crippen molar-refractivity contribution in [1.82, 2.24) is 14.9 Å². The largest absolute Gasteiger partial charge is 0.352 e. The molecular formula is C16H21N3OS. The van der Waals surface area contributed by atoms with Gasteiger partial charge in [-0.25, -0.2) is 4.98 Å². The van der Waals surface area contributed by atoms with E-state index in [2.05, 4.69) is 24.1 Å². The fourth-order valence-electron chi connectivity index (χ4n) is 1.79. The number of nitrogens with zero attached hydrogens (tertiary/aromatic N) is 2. The quantitative estimate of drug-likeness (QED) is 0.834. The van der Waals surface area contributed by atoms with Gasteiger partial charge in [0.05, 0.1) is 0 Å². The van der Waals surface area contributed by atoms with Crippen LogP contribution in [0.4, 0.5) is 0 Å². The Morgan fingerprint density at radius 2 is 2.05 bits per heavy atom. The van der Waals surface area contributed by atoms with Gasteiger partial charge in [-0.05, 0) is 23.6 Å². The van der Waals surface area contributed by atoms with E-state index in [-0.39, 0.29) is 5.91 Å². The Balaban J connectivity index is 1.89. The summed E-state index contributed by atoms with van der Waals surface area (Å²) in [6.07, 6.45) is 3.73. The molecule has 0 bridgehead atoms. The number of imidazole rings is 1. The van der Waals surface area contributed by atoms with E-state index in [0.717, 1.165) is 10.9 Å². The molecule has 1 heterocycles. The first kappa shape index (κ1) is 15.6. The van der Waals surface area contributed by atoms with Crippen molar-refractivity contribution >= 4 is 17.7 Å². The smallest absolute Gasteiger partial charge is 0.251 e. The molecular weight excluding hydrogens is 282 g/mol. The Bertz CT molecular complexity index is 590. The summed E-state index contributed by atoms with van der Waals surface area (Å²) in [5.41, 5.74) is 1.89. The number of benzene rings is 1. The number of aromatic nitrogens is 2. The highest BCUT2D eigenvalue weighted by Crippen LogP contribution is 2.20. The maximum atomic E-state index is 11.9. The normalized spacial score (nSPS) is 10.9. The van der Waals surface area contributed by atoms with Gasteiger partial charge in [0.2, 0.25) is 0 Å². The Morgan fingerprint density at radius 1 is 1.33 bits per heavy atom. The number of carbonyl (C=O) groups is 1. The van der Waals surface area contributed by atoms with Crippen molar-refractivity contribution in [2.45, 2.75) is 24.8 Å². The van der Waals surface area contributed by atoms with Crippen LogP contribution in [-0.4, -0.2) is 22.0 Å². The highest BCUT2D eigenvalue weighted by molar-refractivity contribution is 7.98. The molecule has 0 aliphatic rings. The van der Waals surface area contributed by atoms with E-state index < -0.39 is 0 Å². The maximum Gasteiger partial charge on any atom is 0.251 e. The van der Waals surface area contributed by atoms with Crippen molar-refractivity contribution in [3.05, 3.63) is 47.8 Å². The van der Waals surface area contributed by atoms with E-state index >= 15 is 0 Å². The molecule has 0 saturated heterocycles. The Labute approximate surface area is 130 Å². The molecule has 0 saturated carbocycles. The van der Waals surface area contributed by atoms with Crippen LogP contribution in [-0.2, 0) is 12.8 Å². The van der Waals surface area contributed by atoms with E-state index in [1.165, 1.54) is 5.56 Å². The third kappa shape index (κ3) is 4.63. The summed E-state index contributed by atoms with van der Waals surface area (Å²) >= 11 is 1.69. The van der Waals surface area contributed by atoms with Crippen LogP contribution in [0, 0.1) is 5.92 Å². The second kappa shape index (κ2) is 7.31. The van der Waals surface area contributed by atoms with Crippen LogP contribution in [0.15, 0.2) is 41.8 Å². The van der Waals surface area contributed by atoms with Crippen molar-refractivity contribution in [2.75, 3.05) is 6.54 Å². The minimum absolute atomic E-state index is 0.00740. The zero-order valence-corrected chi connectivity index (χ0v) is 13.5. The van der Waals surface area contributed by atoms with Gasteiger partial charge in [-0.1, -0.05) is 37.7 Å². The predicted octanol–water partition coefficient (Wildman–Crippen LogP) is 3.10. The summed E-state index contributed by atoms with van der Waals surface area (Å²) in [4.78, 5) is 16.2. The van der Waals surface area contributed by atoms with E-state index in [1.54, 1.807) is 18.0 Å². The van der Waals surface area contributed by atoms with Crippen LogP contribution in [0.25, 0.3) is 0 Å². The highest BCUT2D eigenvalue weighted by atomic mass is 32.2. The molecule has 0 spiro atoms. The molecule has 4 nitrogen and oxygen atoms in total. The average molecular weight is 303 g/mol. The zero-order chi connectivity index (χ0) is 15.2. The average Bonchev–Trinajstić information content (AvgIpc) is 2.88. The lowest BCUT2D eigenvalue weighted by Gasteiger charge is -2.08. The van der Waals surface area contributed by atoms with Gasteiger partial charge in [0.1, 0.15) is 0 Å². The first-order chi connectivity index (χ1) is 10.1. The van der Waals surface area contributed by atoms with Crippen molar-refractivity contribution in [3.63, 3.8) is 0 Å². The molecule has 0 aliphatic heterocycles. The molecule has 21 heavy (non-hydrogen) atoms. The zero-order valence-electron chi connectivity index (χ0n) is 12.7. The van der Waals surface area contributed by atoms with Gasteiger partial charge in [-0.2, -0.15) is 0 Å². The summed E-state index contributed by atoms with van der Waals surface area (Å²) < 4.78 is 2.00. The van der Waals surface area contributed by atoms with Gasteiger partial charge in [0, 0.05) is 37.3 Å². The molecule has 5 heteroatoms. The number of rotatable bonds is 6. The van der Waals surface area contributed by atoms with Gasteiger partial charge in [-0.15, -0.1) is 0 Å². The first-order valence-electron chi connectivity index (χ1n) is 7.03. The number of aryl methyl sites for hydroxylation is 1. The van der Waals surface area contributed by atoms with Crippen molar-refractivity contribution in [3.8, 4) is 0 Å². The lowest BCUT2D eigenvalue weighted by atomic mass is 10.1. The summed E-state index contributed by atoms with van der Waals surface area (Å²) in [6, 6.07) is 7.76. The summed E-state index contributed by atoms with van der Waals surface area (Å²) in [6.45, 7) is 4.87. The van der Waals surface area contributed by atoms with Gasteiger partial charge in [0.15, 0.2) is 5.16 Å². The Morgan fingerprint density at radius 3 is 2.62 bits per heavy atom. The lowest BCUT2D eigenvalue weighted by molar-refractivity contribution is 0.0949. The van der Waals surface area contributed by atoms with Crippen LogP contribution in [0.3, 0.4) is 0 Å². The van der Waals surface area contributed by atoms with Crippen molar-refractivity contribution in [2.24, 2.45) is 13.0 Å². The number of thioether (sulfide) groups is 1. The Kier molecular flexibility index (Phi) is 5.44. The number of carbonyl (C=O) groups excluding carboxylic acids is 1. The topological polar surface area (TPSA) is 46.9 Å². The highest BCUT2D eigenvalue weighted by Gasteiger charge is 2.06. The predicted molar refractivity (Wildman–Crippen MR) is 86.4 cm³/mol. The molecule has 0 fully saturated rings. The number of hydrogen-bond acceptors (Lipinski definition) is 3. The fraction of sp³-hybridized carbons (Fsp3) is 0.375. The maximum absolute atomic E-state index is 11.9. The number of amides is 1. The van der Waals surface area contributed by atoms with Crippen molar-refractivity contribution < 1.29 is 4.79 Å².